The number of methoxy groups -OCH3 is 1. The molecule has 21 heavy (non-hydrogen) atoms. The van der Waals surface area contributed by atoms with E-state index < -0.39 is 0 Å². The van der Waals surface area contributed by atoms with Gasteiger partial charge in [0.1, 0.15) is 5.15 Å². The third-order valence-corrected chi connectivity index (χ3v) is 3.09. The highest BCUT2D eigenvalue weighted by atomic mass is 35.5. The summed E-state index contributed by atoms with van der Waals surface area (Å²) >= 11 is 6.09. The lowest BCUT2D eigenvalue weighted by Gasteiger charge is -2.04. The average Bonchev–Trinajstić information content (AvgIpc) is 2.93. The first-order chi connectivity index (χ1) is 10.2. The zero-order valence-corrected chi connectivity index (χ0v) is 12.2. The summed E-state index contributed by atoms with van der Waals surface area (Å²) in [4.78, 5) is 12.9. The van der Waals surface area contributed by atoms with Crippen LogP contribution in [0.4, 0.5) is 0 Å². The molecule has 0 bridgehead atoms. The van der Waals surface area contributed by atoms with E-state index in [2.05, 4.69) is 20.1 Å². The van der Waals surface area contributed by atoms with Crippen molar-refractivity contribution >= 4 is 11.6 Å². The van der Waals surface area contributed by atoms with Crippen molar-refractivity contribution in [2.24, 2.45) is 7.05 Å². The molecule has 0 saturated heterocycles. The van der Waals surface area contributed by atoms with E-state index in [1.54, 1.807) is 36.3 Å². The zero-order chi connectivity index (χ0) is 14.8. The van der Waals surface area contributed by atoms with Crippen LogP contribution < -0.4 is 4.74 Å². The molecule has 0 aliphatic rings. The van der Waals surface area contributed by atoms with E-state index in [4.69, 9.17) is 16.3 Å². The van der Waals surface area contributed by atoms with Gasteiger partial charge in [-0.3, -0.25) is 4.68 Å². The van der Waals surface area contributed by atoms with E-state index in [-0.39, 0.29) is 0 Å². The van der Waals surface area contributed by atoms with Gasteiger partial charge in [0, 0.05) is 42.7 Å². The Bertz CT molecular complexity index is 769. The van der Waals surface area contributed by atoms with Crippen molar-refractivity contribution in [1.82, 2.24) is 24.7 Å². The molecule has 3 aromatic heterocycles. The van der Waals surface area contributed by atoms with Gasteiger partial charge in [0.2, 0.25) is 5.88 Å². The highest BCUT2D eigenvalue weighted by Crippen LogP contribution is 2.24. The molecule has 3 rings (SSSR count). The smallest absolute Gasteiger partial charge is 0.212 e. The van der Waals surface area contributed by atoms with Crippen LogP contribution in [0.5, 0.6) is 5.88 Å². The summed E-state index contributed by atoms with van der Waals surface area (Å²) in [5.41, 5.74) is 2.36. The molecule has 0 unspecified atom stereocenters. The number of aryl methyl sites for hydroxylation is 1. The quantitative estimate of drug-likeness (QED) is 0.696. The molecule has 3 aromatic rings. The van der Waals surface area contributed by atoms with E-state index in [1.165, 1.54) is 0 Å². The van der Waals surface area contributed by atoms with Crippen LogP contribution in [0.15, 0.2) is 36.8 Å². The summed E-state index contributed by atoms with van der Waals surface area (Å²) < 4.78 is 6.74. The van der Waals surface area contributed by atoms with Gasteiger partial charge in [0.05, 0.1) is 19.0 Å². The van der Waals surface area contributed by atoms with E-state index in [1.807, 2.05) is 19.3 Å². The lowest BCUT2D eigenvalue weighted by Crippen LogP contribution is -1.94. The van der Waals surface area contributed by atoms with Gasteiger partial charge in [-0.1, -0.05) is 11.6 Å². The molecular formula is C14H12ClN5O. The van der Waals surface area contributed by atoms with E-state index >= 15 is 0 Å². The second-order valence-electron chi connectivity index (χ2n) is 4.39. The summed E-state index contributed by atoms with van der Waals surface area (Å²) in [5.74, 6) is 1.05. The summed E-state index contributed by atoms with van der Waals surface area (Å²) in [6.45, 7) is 0. The Kier molecular flexibility index (Phi) is 3.53. The Hall–Kier alpha value is -2.47. The molecule has 0 aliphatic carbocycles. The van der Waals surface area contributed by atoms with Crippen molar-refractivity contribution in [2.45, 2.75) is 0 Å². The molecule has 0 saturated carbocycles. The van der Waals surface area contributed by atoms with Crippen LogP contribution in [-0.4, -0.2) is 31.8 Å². The van der Waals surface area contributed by atoms with Crippen molar-refractivity contribution in [2.75, 3.05) is 7.11 Å². The summed E-state index contributed by atoms with van der Waals surface area (Å²) in [6, 6.07) is 5.30. The molecule has 7 heteroatoms. The molecule has 0 fully saturated rings. The molecule has 0 atom stereocenters. The van der Waals surface area contributed by atoms with Gasteiger partial charge in [-0.05, 0) is 6.07 Å². The Balaban J connectivity index is 2.04. The highest BCUT2D eigenvalue weighted by Gasteiger charge is 2.09. The largest absolute Gasteiger partial charge is 0.481 e. The first-order valence-corrected chi connectivity index (χ1v) is 6.57. The number of halogens is 1. The number of aromatic nitrogens is 5. The predicted octanol–water partition coefficient (Wildman–Crippen LogP) is 2.60. The Morgan fingerprint density at radius 1 is 1.14 bits per heavy atom. The van der Waals surface area contributed by atoms with Gasteiger partial charge in [-0.25, -0.2) is 15.0 Å². The van der Waals surface area contributed by atoms with Crippen LogP contribution in [0.1, 0.15) is 0 Å². The van der Waals surface area contributed by atoms with Gasteiger partial charge in [0.25, 0.3) is 0 Å². The number of hydrogen-bond donors (Lipinski definition) is 0. The fourth-order valence-electron chi connectivity index (χ4n) is 1.88. The first-order valence-electron chi connectivity index (χ1n) is 6.20. The van der Waals surface area contributed by atoms with Crippen LogP contribution >= 0.6 is 11.6 Å². The standard InChI is InChI=1S/C14H12ClN5O/c1-20-8-10(7-17-20)11-5-12(15)19-14(18-11)9-3-4-13(21-2)16-6-9/h3-8H,1-2H3. The van der Waals surface area contributed by atoms with Crippen LogP contribution in [-0.2, 0) is 7.05 Å². The molecular weight excluding hydrogens is 290 g/mol. The van der Waals surface area contributed by atoms with Gasteiger partial charge in [-0.2, -0.15) is 5.10 Å². The molecule has 0 aromatic carbocycles. The Labute approximate surface area is 126 Å². The molecule has 6 nitrogen and oxygen atoms in total. The van der Waals surface area contributed by atoms with E-state index in [0.717, 1.165) is 11.1 Å². The monoisotopic (exact) mass is 301 g/mol. The molecule has 0 radical (unpaired) electrons. The van der Waals surface area contributed by atoms with Gasteiger partial charge in [0.15, 0.2) is 5.82 Å². The maximum atomic E-state index is 6.09. The molecule has 0 aliphatic heterocycles. The van der Waals surface area contributed by atoms with Crippen molar-refractivity contribution in [1.29, 1.82) is 0 Å². The normalized spacial score (nSPS) is 10.6. The second kappa shape index (κ2) is 5.49. The fourth-order valence-corrected chi connectivity index (χ4v) is 2.06. The Morgan fingerprint density at radius 2 is 2.00 bits per heavy atom. The van der Waals surface area contributed by atoms with Crippen LogP contribution in [0.3, 0.4) is 0 Å². The molecule has 0 spiro atoms. The summed E-state index contributed by atoms with van der Waals surface area (Å²) in [5, 5.41) is 4.50. The van der Waals surface area contributed by atoms with Crippen LogP contribution in [0, 0.1) is 0 Å². The molecule has 0 N–H and O–H groups in total. The minimum Gasteiger partial charge on any atom is -0.481 e. The SMILES string of the molecule is COc1ccc(-c2nc(Cl)cc(-c3cnn(C)c3)n2)cn1. The molecule has 106 valence electrons. The van der Waals surface area contributed by atoms with Crippen molar-refractivity contribution in [3.8, 4) is 28.5 Å². The minimum atomic E-state index is 0.370. The third kappa shape index (κ3) is 2.85. The minimum absolute atomic E-state index is 0.370. The number of rotatable bonds is 3. The van der Waals surface area contributed by atoms with Gasteiger partial charge < -0.3 is 4.74 Å². The first kappa shape index (κ1) is 13.5. The zero-order valence-electron chi connectivity index (χ0n) is 11.5. The second-order valence-corrected chi connectivity index (χ2v) is 4.78. The predicted molar refractivity (Wildman–Crippen MR) is 79.0 cm³/mol. The fraction of sp³-hybridized carbons (Fsp3) is 0.143. The number of pyridine rings is 1. The van der Waals surface area contributed by atoms with E-state index in [0.29, 0.717) is 22.6 Å². The summed E-state index contributed by atoms with van der Waals surface area (Å²) in [6.07, 6.45) is 5.25. The van der Waals surface area contributed by atoms with E-state index in [9.17, 15) is 0 Å². The number of nitrogens with zero attached hydrogens (tertiary/aromatic N) is 5. The van der Waals surface area contributed by atoms with Crippen molar-refractivity contribution < 1.29 is 4.74 Å². The molecule has 3 heterocycles. The van der Waals surface area contributed by atoms with Gasteiger partial charge >= 0.3 is 0 Å². The maximum absolute atomic E-state index is 6.09. The third-order valence-electron chi connectivity index (χ3n) is 2.90. The van der Waals surface area contributed by atoms with Crippen molar-refractivity contribution in [3.05, 3.63) is 41.9 Å². The summed E-state index contributed by atoms with van der Waals surface area (Å²) in [7, 11) is 3.42. The lowest BCUT2D eigenvalue weighted by molar-refractivity contribution is 0.398. The number of ether oxygens (including phenoxy) is 1. The van der Waals surface area contributed by atoms with Crippen LogP contribution in [0.2, 0.25) is 5.15 Å². The topological polar surface area (TPSA) is 65.7 Å². The Morgan fingerprint density at radius 3 is 2.62 bits per heavy atom. The highest BCUT2D eigenvalue weighted by molar-refractivity contribution is 6.29. The molecule has 0 amide bonds. The number of hydrogen-bond acceptors (Lipinski definition) is 5. The lowest BCUT2D eigenvalue weighted by atomic mass is 10.2. The van der Waals surface area contributed by atoms with Crippen molar-refractivity contribution in [3.63, 3.8) is 0 Å². The van der Waals surface area contributed by atoms with Gasteiger partial charge in [-0.15, -0.1) is 0 Å². The van der Waals surface area contributed by atoms with Crippen LogP contribution in [0.25, 0.3) is 22.6 Å². The maximum Gasteiger partial charge on any atom is 0.212 e. The average molecular weight is 302 g/mol.